The van der Waals surface area contributed by atoms with Crippen molar-refractivity contribution in [1.82, 2.24) is 0 Å². The molecule has 0 aromatic carbocycles. The van der Waals surface area contributed by atoms with Gasteiger partial charge in [-0.05, 0) is 19.8 Å². The highest BCUT2D eigenvalue weighted by molar-refractivity contribution is 6.27. The number of carbonyl (C=O) groups is 1. The first-order valence-electron chi connectivity index (χ1n) is 3.50. The van der Waals surface area contributed by atoms with Gasteiger partial charge in [-0.2, -0.15) is 0 Å². The summed E-state index contributed by atoms with van der Waals surface area (Å²) in [5, 5.41) is 0. The number of Topliss-reactive ketones (excluding diaryl/α,β-unsaturated/α-hetero) is 1. The van der Waals surface area contributed by atoms with Crippen molar-refractivity contribution in [1.29, 1.82) is 0 Å². The zero-order chi connectivity index (χ0) is 7.82. The topological polar surface area (TPSA) is 17.1 Å². The Kier molecular flexibility index (Phi) is 6.61. The number of halogens is 1. The smallest absolute Gasteiger partial charge is 0.147 e. The van der Waals surface area contributed by atoms with E-state index in [1.165, 1.54) is 0 Å². The molecule has 0 aliphatic carbocycles. The molecule has 0 unspecified atom stereocenters. The van der Waals surface area contributed by atoms with E-state index in [4.69, 9.17) is 11.6 Å². The fraction of sp³-hybridized carbons (Fsp3) is 0.625. The van der Waals surface area contributed by atoms with Crippen LogP contribution in [0.3, 0.4) is 0 Å². The lowest BCUT2D eigenvalue weighted by Gasteiger charge is -1.91. The Morgan fingerprint density at radius 1 is 1.60 bits per heavy atom. The average molecular weight is 161 g/mol. The highest BCUT2D eigenvalue weighted by atomic mass is 35.5. The quantitative estimate of drug-likeness (QED) is 0.343. The number of allylic oxidation sites excluding steroid dienone is 2. The number of hydrogen-bond donors (Lipinski definition) is 0. The molecule has 0 fully saturated rings. The molecule has 0 saturated carbocycles. The lowest BCUT2D eigenvalue weighted by Crippen LogP contribution is -1.97. The van der Waals surface area contributed by atoms with Crippen LogP contribution in [0, 0.1) is 0 Å². The predicted molar refractivity (Wildman–Crippen MR) is 44.4 cm³/mol. The molecule has 0 aliphatic rings. The second kappa shape index (κ2) is 6.81. The molecule has 0 N–H and O–H groups in total. The molecule has 58 valence electrons. The van der Waals surface area contributed by atoms with Crippen LogP contribution in [-0.2, 0) is 4.79 Å². The van der Waals surface area contributed by atoms with E-state index in [0.29, 0.717) is 6.42 Å². The van der Waals surface area contributed by atoms with E-state index in [0.717, 1.165) is 12.8 Å². The Labute approximate surface area is 67.1 Å². The Balaban J connectivity index is 3.11. The van der Waals surface area contributed by atoms with Crippen molar-refractivity contribution >= 4 is 17.4 Å². The molecular formula is C8H13ClO. The normalized spacial score (nSPS) is 10.6. The number of ketones is 1. The molecular weight excluding hydrogens is 148 g/mol. The van der Waals surface area contributed by atoms with E-state index in [2.05, 4.69) is 6.08 Å². The Morgan fingerprint density at radius 3 is 2.80 bits per heavy atom. The fourth-order valence-electron chi connectivity index (χ4n) is 0.651. The average Bonchev–Trinajstić information content (AvgIpc) is 1.98. The maximum Gasteiger partial charge on any atom is 0.147 e. The zero-order valence-electron chi connectivity index (χ0n) is 6.27. The monoisotopic (exact) mass is 160 g/mol. The minimum absolute atomic E-state index is 0.145. The van der Waals surface area contributed by atoms with Gasteiger partial charge in [0.15, 0.2) is 0 Å². The lowest BCUT2D eigenvalue weighted by atomic mass is 10.2. The SMILES string of the molecule is C/C=C\CCCC(=O)CCl. The highest BCUT2D eigenvalue weighted by Crippen LogP contribution is 1.98. The van der Waals surface area contributed by atoms with Crippen LogP contribution in [0.2, 0.25) is 0 Å². The number of rotatable bonds is 5. The number of unbranched alkanes of at least 4 members (excludes halogenated alkanes) is 1. The standard InChI is InChI=1S/C8H13ClO/c1-2-3-4-5-6-8(10)7-9/h2-3H,4-7H2,1H3/b3-2-. The zero-order valence-corrected chi connectivity index (χ0v) is 7.03. The fourth-order valence-corrected chi connectivity index (χ4v) is 0.784. The van der Waals surface area contributed by atoms with E-state index >= 15 is 0 Å². The Morgan fingerprint density at radius 2 is 2.30 bits per heavy atom. The summed E-state index contributed by atoms with van der Waals surface area (Å²) in [5.41, 5.74) is 0. The third-order valence-corrected chi connectivity index (χ3v) is 1.51. The van der Waals surface area contributed by atoms with Crippen LogP contribution < -0.4 is 0 Å². The van der Waals surface area contributed by atoms with Crippen molar-refractivity contribution in [2.24, 2.45) is 0 Å². The van der Waals surface area contributed by atoms with E-state index in [1.807, 2.05) is 13.0 Å². The van der Waals surface area contributed by atoms with Gasteiger partial charge in [0.1, 0.15) is 5.78 Å². The molecule has 0 rings (SSSR count). The summed E-state index contributed by atoms with van der Waals surface area (Å²) < 4.78 is 0. The van der Waals surface area contributed by atoms with Gasteiger partial charge in [0.25, 0.3) is 0 Å². The van der Waals surface area contributed by atoms with Gasteiger partial charge in [-0.15, -0.1) is 11.6 Å². The van der Waals surface area contributed by atoms with Crippen LogP contribution in [0.15, 0.2) is 12.2 Å². The molecule has 0 aromatic heterocycles. The first-order valence-corrected chi connectivity index (χ1v) is 4.03. The maximum absolute atomic E-state index is 10.6. The molecule has 0 amide bonds. The Hall–Kier alpha value is -0.300. The number of carbonyl (C=O) groups excluding carboxylic acids is 1. The van der Waals surface area contributed by atoms with Gasteiger partial charge in [-0.3, -0.25) is 4.79 Å². The first kappa shape index (κ1) is 9.70. The van der Waals surface area contributed by atoms with Gasteiger partial charge >= 0.3 is 0 Å². The first-order chi connectivity index (χ1) is 4.81. The largest absolute Gasteiger partial charge is 0.298 e. The molecule has 0 bridgehead atoms. The van der Waals surface area contributed by atoms with Gasteiger partial charge < -0.3 is 0 Å². The highest BCUT2D eigenvalue weighted by Gasteiger charge is 1.96. The van der Waals surface area contributed by atoms with Crippen LogP contribution in [0.5, 0.6) is 0 Å². The molecule has 0 heterocycles. The minimum atomic E-state index is 0.145. The summed E-state index contributed by atoms with van der Waals surface area (Å²) in [6.45, 7) is 1.98. The third-order valence-electron chi connectivity index (χ3n) is 1.21. The van der Waals surface area contributed by atoms with Gasteiger partial charge in [-0.1, -0.05) is 12.2 Å². The lowest BCUT2D eigenvalue weighted by molar-refractivity contribution is -0.116. The van der Waals surface area contributed by atoms with E-state index in [1.54, 1.807) is 0 Å². The van der Waals surface area contributed by atoms with E-state index < -0.39 is 0 Å². The van der Waals surface area contributed by atoms with Crippen LogP contribution in [-0.4, -0.2) is 11.7 Å². The molecule has 0 atom stereocenters. The van der Waals surface area contributed by atoms with Crippen molar-refractivity contribution in [3.63, 3.8) is 0 Å². The number of alkyl halides is 1. The maximum atomic E-state index is 10.6. The van der Waals surface area contributed by atoms with E-state index in [9.17, 15) is 4.79 Å². The summed E-state index contributed by atoms with van der Waals surface area (Å²) in [6.07, 6.45) is 6.58. The van der Waals surface area contributed by atoms with E-state index in [-0.39, 0.29) is 11.7 Å². The van der Waals surface area contributed by atoms with Gasteiger partial charge in [0, 0.05) is 6.42 Å². The van der Waals surface area contributed by atoms with Crippen molar-refractivity contribution in [2.75, 3.05) is 5.88 Å². The van der Waals surface area contributed by atoms with Crippen molar-refractivity contribution in [3.05, 3.63) is 12.2 Å². The molecule has 0 spiro atoms. The molecule has 2 heteroatoms. The van der Waals surface area contributed by atoms with Crippen LogP contribution in [0.4, 0.5) is 0 Å². The van der Waals surface area contributed by atoms with Gasteiger partial charge in [-0.25, -0.2) is 0 Å². The summed E-state index contributed by atoms with van der Waals surface area (Å²) >= 11 is 5.30. The molecule has 10 heavy (non-hydrogen) atoms. The van der Waals surface area contributed by atoms with Crippen molar-refractivity contribution < 1.29 is 4.79 Å². The molecule has 0 aliphatic heterocycles. The van der Waals surface area contributed by atoms with Crippen LogP contribution in [0.25, 0.3) is 0 Å². The second-order valence-corrected chi connectivity index (χ2v) is 2.40. The van der Waals surface area contributed by atoms with Crippen molar-refractivity contribution in [3.8, 4) is 0 Å². The van der Waals surface area contributed by atoms with Gasteiger partial charge in [0.2, 0.25) is 0 Å². The minimum Gasteiger partial charge on any atom is -0.298 e. The summed E-state index contributed by atoms with van der Waals surface area (Å²) in [4.78, 5) is 10.6. The number of hydrogen-bond acceptors (Lipinski definition) is 1. The summed E-state index contributed by atoms with van der Waals surface area (Å²) in [5.74, 6) is 0.307. The Bertz CT molecular complexity index is 118. The predicted octanol–water partition coefficient (Wildman–Crippen LogP) is 2.54. The summed E-state index contributed by atoms with van der Waals surface area (Å²) in [6, 6.07) is 0. The second-order valence-electron chi connectivity index (χ2n) is 2.13. The molecule has 1 nitrogen and oxygen atoms in total. The van der Waals surface area contributed by atoms with Crippen molar-refractivity contribution in [2.45, 2.75) is 26.2 Å². The molecule has 0 aromatic rings. The molecule has 0 radical (unpaired) electrons. The summed E-state index contributed by atoms with van der Waals surface area (Å²) in [7, 11) is 0. The van der Waals surface area contributed by atoms with Crippen LogP contribution in [0.1, 0.15) is 26.2 Å². The molecule has 0 saturated heterocycles. The van der Waals surface area contributed by atoms with Crippen LogP contribution >= 0.6 is 11.6 Å². The third kappa shape index (κ3) is 5.83. The van der Waals surface area contributed by atoms with Gasteiger partial charge in [0.05, 0.1) is 5.88 Å².